The number of aromatic nitrogens is 1. The van der Waals surface area contributed by atoms with Crippen LogP contribution in [0.2, 0.25) is 0 Å². The van der Waals surface area contributed by atoms with Gasteiger partial charge in [0.15, 0.2) is 0 Å². The number of pyridine rings is 1. The summed E-state index contributed by atoms with van der Waals surface area (Å²) in [7, 11) is 1.87. The Hall–Kier alpha value is -1.35. The molecule has 2 N–H and O–H groups in total. The Morgan fingerprint density at radius 3 is 3.00 bits per heavy atom. The van der Waals surface area contributed by atoms with E-state index in [2.05, 4.69) is 10.3 Å². The van der Waals surface area contributed by atoms with Crippen LogP contribution >= 0.6 is 0 Å². The number of rotatable bonds is 3. The molecule has 1 heterocycles. The molecule has 0 amide bonds. The van der Waals surface area contributed by atoms with Crippen molar-refractivity contribution in [3.05, 3.63) is 29.6 Å². The summed E-state index contributed by atoms with van der Waals surface area (Å²) in [6.45, 7) is 2.67. The van der Waals surface area contributed by atoms with Gasteiger partial charge in [-0.2, -0.15) is 0 Å². The third kappa shape index (κ3) is 2.87. The minimum atomic E-state index is 0.220. The molecule has 0 aromatic carbocycles. The quantitative estimate of drug-likeness (QED) is 0.734. The lowest BCUT2D eigenvalue weighted by molar-refractivity contribution is 0.470. The lowest BCUT2D eigenvalue weighted by Gasteiger charge is -1.99. The first-order valence-electron chi connectivity index (χ1n) is 4.22. The number of likely N-dealkylation sites (N-methyl/N-ethyl adjacent to an activating group) is 1. The first-order chi connectivity index (χ1) is 6.24. The van der Waals surface area contributed by atoms with E-state index in [1.54, 1.807) is 18.2 Å². The van der Waals surface area contributed by atoms with Crippen LogP contribution in [0.5, 0.6) is 5.75 Å². The van der Waals surface area contributed by atoms with Gasteiger partial charge in [-0.25, -0.2) is 4.98 Å². The van der Waals surface area contributed by atoms with E-state index in [1.165, 1.54) is 0 Å². The van der Waals surface area contributed by atoms with Crippen molar-refractivity contribution in [2.45, 2.75) is 6.92 Å². The van der Waals surface area contributed by atoms with Gasteiger partial charge in [-0.15, -0.1) is 0 Å². The molecule has 13 heavy (non-hydrogen) atoms. The monoisotopic (exact) mass is 178 g/mol. The van der Waals surface area contributed by atoms with Crippen molar-refractivity contribution in [2.24, 2.45) is 0 Å². The molecule has 0 saturated carbocycles. The molecule has 3 nitrogen and oxygen atoms in total. The molecule has 0 aliphatic carbocycles. The third-order valence-electron chi connectivity index (χ3n) is 1.64. The lowest BCUT2D eigenvalue weighted by Crippen LogP contribution is -2.03. The van der Waals surface area contributed by atoms with Gasteiger partial charge < -0.3 is 10.4 Å². The van der Waals surface area contributed by atoms with E-state index in [-0.39, 0.29) is 5.75 Å². The largest absolute Gasteiger partial charge is 0.506 e. The van der Waals surface area contributed by atoms with Gasteiger partial charge in [0.05, 0.1) is 0 Å². The molecule has 0 bridgehead atoms. The molecule has 3 heteroatoms. The maximum Gasteiger partial charge on any atom is 0.141 e. The molecule has 1 rings (SSSR count). The van der Waals surface area contributed by atoms with Gasteiger partial charge >= 0.3 is 0 Å². The van der Waals surface area contributed by atoms with Gasteiger partial charge in [-0.1, -0.05) is 6.08 Å². The van der Waals surface area contributed by atoms with Crippen LogP contribution in [-0.2, 0) is 0 Å². The lowest BCUT2D eigenvalue weighted by atomic mass is 10.2. The first kappa shape index (κ1) is 9.74. The fourth-order valence-electron chi connectivity index (χ4n) is 0.981. The Morgan fingerprint density at radius 1 is 1.54 bits per heavy atom. The molecule has 0 aliphatic rings. The fourth-order valence-corrected chi connectivity index (χ4v) is 0.981. The van der Waals surface area contributed by atoms with E-state index < -0.39 is 0 Å². The minimum Gasteiger partial charge on any atom is -0.506 e. The Morgan fingerprint density at radius 2 is 2.31 bits per heavy atom. The van der Waals surface area contributed by atoms with Crippen LogP contribution in [0.15, 0.2) is 18.2 Å². The molecular formula is C10H14N2O. The fraction of sp³-hybridized carbons (Fsp3) is 0.300. The highest BCUT2D eigenvalue weighted by Gasteiger charge is 1.97. The number of aryl methyl sites for hydroxylation is 1. The second-order valence-electron chi connectivity index (χ2n) is 2.82. The predicted molar refractivity (Wildman–Crippen MR) is 53.6 cm³/mol. The normalized spacial score (nSPS) is 10.9. The van der Waals surface area contributed by atoms with E-state index in [4.69, 9.17) is 0 Å². The molecule has 0 aliphatic heterocycles. The summed E-state index contributed by atoms with van der Waals surface area (Å²) in [5, 5.41) is 12.4. The van der Waals surface area contributed by atoms with Crippen LogP contribution in [0.1, 0.15) is 11.4 Å². The van der Waals surface area contributed by atoms with Crippen molar-refractivity contribution in [3.63, 3.8) is 0 Å². The maximum absolute atomic E-state index is 9.40. The zero-order valence-corrected chi connectivity index (χ0v) is 7.91. The van der Waals surface area contributed by atoms with Gasteiger partial charge in [-0.3, -0.25) is 0 Å². The second kappa shape index (κ2) is 4.62. The molecule has 1 aromatic heterocycles. The second-order valence-corrected chi connectivity index (χ2v) is 2.82. The topological polar surface area (TPSA) is 45.2 Å². The number of aromatic hydroxyl groups is 1. The summed E-state index contributed by atoms with van der Waals surface area (Å²) in [6, 6.07) is 3.44. The molecule has 0 atom stereocenters. The molecule has 0 radical (unpaired) electrons. The van der Waals surface area contributed by atoms with Crippen molar-refractivity contribution in [1.29, 1.82) is 0 Å². The van der Waals surface area contributed by atoms with Crippen molar-refractivity contribution < 1.29 is 5.11 Å². The van der Waals surface area contributed by atoms with Gasteiger partial charge in [0.2, 0.25) is 0 Å². The van der Waals surface area contributed by atoms with Crippen LogP contribution < -0.4 is 5.32 Å². The molecule has 1 aromatic rings. The van der Waals surface area contributed by atoms with Crippen molar-refractivity contribution in [1.82, 2.24) is 10.3 Å². The molecule has 0 spiro atoms. The maximum atomic E-state index is 9.40. The Kier molecular flexibility index (Phi) is 3.46. The number of nitrogens with zero attached hydrogens (tertiary/aromatic N) is 1. The summed E-state index contributed by atoms with van der Waals surface area (Å²) in [6.07, 6.45) is 3.72. The zero-order chi connectivity index (χ0) is 9.68. The van der Waals surface area contributed by atoms with Crippen LogP contribution in [0.25, 0.3) is 6.08 Å². The van der Waals surface area contributed by atoms with Crippen LogP contribution in [0.3, 0.4) is 0 Å². The zero-order valence-electron chi connectivity index (χ0n) is 7.91. The summed E-state index contributed by atoms with van der Waals surface area (Å²) in [5.74, 6) is 0.220. The molecule has 0 saturated heterocycles. The Balaban J connectivity index is 2.81. The van der Waals surface area contributed by atoms with Gasteiger partial charge in [-0.05, 0) is 32.2 Å². The Bertz CT molecular complexity index is 308. The van der Waals surface area contributed by atoms with Crippen LogP contribution in [-0.4, -0.2) is 23.7 Å². The SMILES string of the molecule is CNCC=Cc1nc(C)ccc1O. The van der Waals surface area contributed by atoms with E-state index in [0.717, 1.165) is 12.2 Å². The van der Waals surface area contributed by atoms with Crippen LogP contribution in [0, 0.1) is 6.92 Å². The molecule has 70 valence electrons. The summed E-state index contributed by atoms with van der Waals surface area (Å²) in [5.41, 5.74) is 1.53. The van der Waals surface area contributed by atoms with E-state index in [0.29, 0.717) is 5.69 Å². The average molecular weight is 178 g/mol. The van der Waals surface area contributed by atoms with Crippen molar-refractivity contribution in [3.8, 4) is 5.75 Å². The summed E-state index contributed by atoms with van der Waals surface area (Å²) in [4.78, 5) is 4.18. The highest BCUT2D eigenvalue weighted by Crippen LogP contribution is 2.15. The molecular weight excluding hydrogens is 164 g/mol. The minimum absolute atomic E-state index is 0.220. The number of nitrogens with one attached hydrogen (secondary N) is 1. The number of hydrogen-bond donors (Lipinski definition) is 2. The number of hydrogen-bond acceptors (Lipinski definition) is 3. The third-order valence-corrected chi connectivity index (χ3v) is 1.64. The first-order valence-corrected chi connectivity index (χ1v) is 4.22. The molecule has 0 unspecified atom stereocenters. The molecule has 0 fully saturated rings. The van der Waals surface area contributed by atoms with Gasteiger partial charge in [0.1, 0.15) is 11.4 Å². The average Bonchev–Trinajstić information content (AvgIpc) is 2.11. The van der Waals surface area contributed by atoms with E-state index in [1.807, 2.05) is 20.0 Å². The van der Waals surface area contributed by atoms with Gasteiger partial charge in [0, 0.05) is 12.2 Å². The van der Waals surface area contributed by atoms with E-state index >= 15 is 0 Å². The Labute approximate surface area is 78.1 Å². The summed E-state index contributed by atoms with van der Waals surface area (Å²) < 4.78 is 0. The predicted octanol–water partition coefficient (Wildman–Crippen LogP) is 1.33. The highest BCUT2D eigenvalue weighted by atomic mass is 16.3. The smallest absolute Gasteiger partial charge is 0.141 e. The summed E-state index contributed by atoms with van der Waals surface area (Å²) >= 11 is 0. The van der Waals surface area contributed by atoms with Gasteiger partial charge in [0.25, 0.3) is 0 Å². The van der Waals surface area contributed by atoms with Crippen molar-refractivity contribution >= 4 is 6.08 Å². The van der Waals surface area contributed by atoms with Crippen molar-refractivity contribution in [2.75, 3.05) is 13.6 Å². The van der Waals surface area contributed by atoms with E-state index in [9.17, 15) is 5.11 Å². The highest BCUT2D eigenvalue weighted by molar-refractivity contribution is 5.52. The van der Waals surface area contributed by atoms with Crippen LogP contribution in [0.4, 0.5) is 0 Å². The standard InChI is InChI=1S/C10H14N2O/c1-8-5-6-10(13)9(12-8)4-3-7-11-2/h3-6,11,13H,7H2,1-2H3.